The SMILES string of the molecule is CC(NC(=S)N=P(c1ccccc1)(N1CCOCC1)C(C)(C)C)c1ccccc1. The Morgan fingerprint density at radius 1 is 1.03 bits per heavy atom. The zero-order valence-corrected chi connectivity index (χ0v) is 19.5. The number of ether oxygens (including phenoxy) is 1. The molecule has 0 radical (unpaired) electrons. The van der Waals surface area contributed by atoms with Crippen molar-refractivity contribution in [2.24, 2.45) is 4.74 Å². The van der Waals surface area contributed by atoms with Gasteiger partial charge in [-0.15, -0.1) is 0 Å². The molecule has 0 spiro atoms. The molecular weight excluding hydrogens is 397 g/mol. The minimum absolute atomic E-state index is 0.0621. The summed E-state index contributed by atoms with van der Waals surface area (Å²) in [5, 5.41) is 5.26. The number of nitrogens with zero attached hydrogens (tertiary/aromatic N) is 2. The molecule has 0 aliphatic carbocycles. The lowest BCUT2D eigenvalue weighted by Crippen LogP contribution is -2.43. The van der Waals surface area contributed by atoms with Crippen LogP contribution in [0.3, 0.4) is 0 Å². The Kier molecular flexibility index (Phi) is 7.28. The molecule has 1 aliphatic rings. The Morgan fingerprint density at radius 2 is 1.59 bits per heavy atom. The van der Waals surface area contributed by atoms with Crippen molar-refractivity contribution in [2.75, 3.05) is 26.3 Å². The van der Waals surface area contributed by atoms with Gasteiger partial charge < -0.3 is 10.1 Å². The third-order valence-corrected chi connectivity index (χ3v) is 10.3. The van der Waals surface area contributed by atoms with Gasteiger partial charge in [0.25, 0.3) is 0 Å². The van der Waals surface area contributed by atoms with E-state index in [9.17, 15) is 0 Å². The van der Waals surface area contributed by atoms with Gasteiger partial charge in [0.15, 0.2) is 5.11 Å². The molecule has 6 heteroatoms. The van der Waals surface area contributed by atoms with Crippen molar-refractivity contribution in [3.05, 3.63) is 66.2 Å². The van der Waals surface area contributed by atoms with Crippen LogP contribution < -0.4 is 10.6 Å². The van der Waals surface area contributed by atoms with Gasteiger partial charge in [0, 0.05) is 23.6 Å². The van der Waals surface area contributed by atoms with Crippen molar-refractivity contribution >= 4 is 29.8 Å². The third-order valence-electron chi connectivity index (χ3n) is 5.32. The van der Waals surface area contributed by atoms with Crippen LogP contribution in [0.1, 0.15) is 39.3 Å². The van der Waals surface area contributed by atoms with E-state index in [0.29, 0.717) is 5.11 Å². The lowest BCUT2D eigenvalue weighted by Gasteiger charge is -2.46. The molecule has 1 fully saturated rings. The highest BCUT2D eigenvalue weighted by Gasteiger charge is 2.42. The normalized spacial score (nSPS) is 18.5. The first-order valence-electron chi connectivity index (χ1n) is 10.2. The van der Waals surface area contributed by atoms with Gasteiger partial charge in [0.1, 0.15) is 0 Å². The van der Waals surface area contributed by atoms with Crippen molar-refractivity contribution in [3.8, 4) is 0 Å². The van der Waals surface area contributed by atoms with Crippen LogP contribution in [0, 0.1) is 0 Å². The summed E-state index contributed by atoms with van der Waals surface area (Å²) in [6.07, 6.45) is 0. The van der Waals surface area contributed by atoms with Crippen LogP contribution in [0.25, 0.3) is 0 Å². The van der Waals surface area contributed by atoms with E-state index in [0.717, 1.165) is 26.3 Å². The zero-order chi connectivity index (χ0) is 20.9. The van der Waals surface area contributed by atoms with Crippen molar-refractivity contribution in [3.63, 3.8) is 0 Å². The van der Waals surface area contributed by atoms with Gasteiger partial charge in [0.05, 0.1) is 26.5 Å². The first-order valence-corrected chi connectivity index (χ1v) is 12.3. The van der Waals surface area contributed by atoms with Gasteiger partial charge >= 0.3 is 0 Å². The number of thiocarbonyl (C=S) groups is 1. The maximum atomic E-state index is 5.81. The fourth-order valence-electron chi connectivity index (χ4n) is 3.90. The molecular formula is C23H32N3OPS. The van der Waals surface area contributed by atoms with E-state index in [1.165, 1.54) is 10.9 Å². The molecule has 1 saturated heterocycles. The Hall–Kier alpha value is -1.52. The fraction of sp³-hybridized carbons (Fsp3) is 0.435. The Labute approximate surface area is 180 Å². The van der Waals surface area contributed by atoms with E-state index >= 15 is 0 Å². The van der Waals surface area contributed by atoms with Gasteiger partial charge in [-0.3, -0.25) is 4.67 Å². The van der Waals surface area contributed by atoms with E-state index in [4.69, 9.17) is 21.7 Å². The minimum Gasteiger partial charge on any atom is -0.379 e. The molecule has 2 aromatic rings. The van der Waals surface area contributed by atoms with E-state index in [1.807, 2.05) is 6.07 Å². The van der Waals surface area contributed by atoms with E-state index in [-0.39, 0.29) is 11.2 Å². The van der Waals surface area contributed by atoms with E-state index in [1.54, 1.807) is 0 Å². The zero-order valence-electron chi connectivity index (χ0n) is 17.8. The third kappa shape index (κ3) is 4.97. The fourth-order valence-corrected chi connectivity index (χ4v) is 8.57. The van der Waals surface area contributed by atoms with E-state index < -0.39 is 7.21 Å². The molecule has 1 N–H and O–H groups in total. The lowest BCUT2D eigenvalue weighted by molar-refractivity contribution is 0.0738. The Balaban J connectivity index is 2.05. The minimum atomic E-state index is -2.14. The molecule has 1 heterocycles. The second-order valence-corrected chi connectivity index (χ2v) is 12.6. The van der Waals surface area contributed by atoms with Gasteiger partial charge in [0.2, 0.25) is 0 Å². The molecule has 0 amide bonds. The van der Waals surface area contributed by atoms with Crippen LogP contribution >= 0.6 is 19.4 Å². The molecule has 2 unspecified atom stereocenters. The highest BCUT2D eigenvalue weighted by Crippen LogP contribution is 2.62. The van der Waals surface area contributed by atoms with Gasteiger partial charge in [-0.1, -0.05) is 81.4 Å². The molecule has 0 aromatic heterocycles. The van der Waals surface area contributed by atoms with Gasteiger partial charge in [-0.25, -0.2) is 4.74 Å². The van der Waals surface area contributed by atoms with Crippen LogP contribution in [-0.2, 0) is 4.74 Å². The first-order chi connectivity index (χ1) is 13.8. The number of rotatable bonds is 4. The average Bonchev–Trinajstić information content (AvgIpc) is 2.73. The molecule has 1 aliphatic heterocycles. The molecule has 2 atom stereocenters. The van der Waals surface area contributed by atoms with Crippen LogP contribution in [0.2, 0.25) is 0 Å². The summed E-state index contributed by atoms with van der Waals surface area (Å²) in [6, 6.07) is 21.2. The monoisotopic (exact) mass is 429 g/mol. The Morgan fingerprint density at radius 3 is 2.14 bits per heavy atom. The Bertz CT molecular complexity index is 859. The number of morpholine rings is 1. The number of benzene rings is 2. The van der Waals surface area contributed by atoms with Crippen LogP contribution in [0.4, 0.5) is 0 Å². The van der Waals surface area contributed by atoms with Crippen LogP contribution in [-0.4, -0.2) is 41.2 Å². The second-order valence-electron chi connectivity index (χ2n) is 8.36. The number of hydrogen-bond donors (Lipinski definition) is 1. The van der Waals surface area contributed by atoms with E-state index in [2.05, 4.69) is 92.3 Å². The summed E-state index contributed by atoms with van der Waals surface area (Å²) in [7, 11) is -2.14. The maximum absolute atomic E-state index is 5.81. The summed E-state index contributed by atoms with van der Waals surface area (Å²) >= 11 is 5.81. The molecule has 156 valence electrons. The second kappa shape index (κ2) is 9.53. The molecule has 29 heavy (non-hydrogen) atoms. The van der Waals surface area contributed by atoms with Crippen molar-refractivity contribution in [1.29, 1.82) is 0 Å². The predicted octanol–water partition coefficient (Wildman–Crippen LogP) is 5.19. The molecule has 2 aromatic carbocycles. The molecule has 0 bridgehead atoms. The quantitative estimate of drug-likeness (QED) is 0.536. The van der Waals surface area contributed by atoms with Gasteiger partial charge in [-0.05, 0) is 24.7 Å². The van der Waals surface area contributed by atoms with Crippen molar-refractivity contribution < 1.29 is 4.74 Å². The maximum Gasteiger partial charge on any atom is 0.193 e. The molecule has 0 saturated carbocycles. The number of hydrogen-bond acceptors (Lipinski definition) is 2. The first kappa shape index (κ1) is 22.2. The van der Waals surface area contributed by atoms with Crippen LogP contribution in [0.15, 0.2) is 65.4 Å². The topological polar surface area (TPSA) is 36.9 Å². The number of nitrogens with one attached hydrogen (secondary N) is 1. The highest BCUT2D eigenvalue weighted by atomic mass is 32.1. The largest absolute Gasteiger partial charge is 0.379 e. The summed E-state index contributed by atoms with van der Waals surface area (Å²) in [6.45, 7) is 12.2. The smallest absolute Gasteiger partial charge is 0.193 e. The summed E-state index contributed by atoms with van der Waals surface area (Å²) in [5.74, 6) is 0. The van der Waals surface area contributed by atoms with Crippen molar-refractivity contribution in [2.45, 2.75) is 38.9 Å². The lowest BCUT2D eigenvalue weighted by atomic mass is 10.1. The predicted molar refractivity (Wildman–Crippen MR) is 128 cm³/mol. The highest BCUT2D eigenvalue weighted by molar-refractivity contribution is 7.81. The summed E-state index contributed by atoms with van der Waals surface area (Å²) < 4.78 is 13.5. The molecule has 3 rings (SSSR count). The van der Waals surface area contributed by atoms with Crippen LogP contribution in [0.5, 0.6) is 0 Å². The average molecular weight is 430 g/mol. The van der Waals surface area contributed by atoms with Gasteiger partial charge in [-0.2, -0.15) is 0 Å². The summed E-state index contributed by atoms with van der Waals surface area (Å²) in [5.41, 5.74) is 1.20. The standard InChI is InChI=1S/C23H32N3OPS/c1-19(20-11-7-5-8-12-20)24-22(29)25-28(23(2,3)4,21-13-9-6-10-14-21)26-15-17-27-18-16-26/h5-14,19H,15-18H2,1-4H3,(H,24,29). The molecule has 4 nitrogen and oxygen atoms in total. The van der Waals surface area contributed by atoms with Crippen molar-refractivity contribution in [1.82, 2.24) is 9.99 Å². The summed E-state index contributed by atoms with van der Waals surface area (Å²) in [4.78, 5) is 0.